The Balaban J connectivity index is 1.67. The largest absolute Gasteiger partial charge is 0.497 e. The molecule has 0 atom stereocenters. The summed E-state index contributed by atoms with van der Waals surface area (Å²) < 4.78 is 16.1. The molecule has 29 heavy (non-hydrogen) atoms. The first-order valence-electron chi connectivity index (χ1n) is 9.87. The van der Waals surface area contributed by atoms with E-state index in [4.69, 9.17) is 14.2 Å². The van der Waals surface area contributed by atoms with Gasteiger partial charge in [0, 0.05) is 5.56 Å². The lowest BCUT2D eigenvalue weighted by atomic mass is 9.89. The first kappa shape index (κ1) is 20.6. The third-order valence-corrected chi connectivity index (χ3v) is 5.14. The van der Waals surface area contributed by atoms with Crippen molar-refractivity contribution in [2.45, 2.75) is 32.1 Å². The fourth-order valence-electron chi connectivity index (χ4n) is 3.43. The van der Waals surface area contributed by atoms with Crippen LogP contribution in [0.3, 0.4) is 0 Å². The van der Waals surface area contributed by atoms with E-state index in [0.717, 1.165) is 31.2 Å². The highest BCUT2D eigenvalue weighted by molar-refractivity contribution is 6.06. The second-order valence-electron chi connectivity index (χ2n) is 7.09. The predicted molar refractivity (Wildman–Crippen MR) is 112 cm³/mol. The van der Waals surface area contributed by atoms with Crippen LogP contribution in [0.4, 0.5) is 0 Å². The number of hydrogen-bond donors (Lipinski definition) is 0. The summed E-state index contributed by atoms with van der Waals surface area (Å²) >= 11 is 0. The third-order valence-electron chi connectivity index (χ3n) is 5.14. The molecule has 3 rings (SSSR count). The van der Waals surface area contributed by atoms with Gasteiger partial charge in [-0.15, -0.1) is 0 Å². The highest BCUT2D eigenvalue weighted by Crippen LogP contribution is 2.31. The topological polar surface area (TPSA) is 61.8 Å². The van der Waals surface area contributed by atoms with Gasteiger partial charge in [0.1, 0.15) is 5.75 Å². The van der Waals surface area contributed by atoms with Gasteiger partial charge in [-0.05, 0) is 60.9 Å². The van der Waals surface area contributed by atoms with Crippen molar-refractivity contribution in [2.75, 3.05) is 14.2 Å². The van der Waals surface area contributed by atoms with Gasteiger partial charge in [0.2, 0.25) is 0 Å². The fraction of sp³-hybridized carbons (Fsp3) is 0.333. The Morgan fingerprint density at radius 3 is 2.28 bits per heavy atom. The highest BCUT2D eigenvalue weighted by atomic mass is 16.6. The molecule has 0 saturated heterocycles. The Morgan fingerprint density at radius 2 is 1.62 bits per heavy atom. The van der Waals surface area contributed by atoms with Gasteiger partial charge in [-0.25, -0.2) is 0 Å². The second-order valence-corrected chi connectivity index (χ2v) is 7.09. The minimum atomic E-state index is -0.194. The van der Waals surface area contributed by atoms with E-state index in [0.29, 0.717) is 22.8 Å². The molecule has 0 amide bonds. The maximum absolute atomic E-state index is 12.4. The monoisotopic (exact) mass is 394 g/mol. The number of ketones is 1. The molecule has 0 heterocycles. The van der Waals surface area contributed by atoms with E-state index >= 15 is 0 Å². The average molecular weight is 394 g/mol. The van der Waals surface area contributed by atoms with Gasteiger partial charge in [-0.2, -0.15) is 0 Å². The van der Waals surface area contributed by atoms with E-state index in [-0.39, 0.29) is 17.7 Å². The maximum atomic E-state index is 12.4. The van der Waals surface area contributed by atoms with Gasteiger partial charge >= 0.3 is 5.97 Å². The molecule has 1 saturated carbocycles. The number of ether oxygens (including phenoxy) is 3. The van der Waals surface area contributed by atoms with Crippen LogP contribution in [0.1, 0.15) is 48.0 Å². The first-order chi connectivity index (χ1) is 14.1. The third kappa shape index (κ3) is 5.47. The number of esters is 1. The van der Waals surface area contributed by atoms with Crippen molar-refractivity contribution in [1.82, 2.24) is 0 Å². The first-order valence-corrected chi connectivity index (χ1v) is 9.87. The van der Waals surface area contributed by atoms with E-state index < -0.39 is 0 Å². The molecule has 1 aliphatic rings. The number of methoxy groups -OCH3 is 2. The molecule has 2 aromatic carbocycles. The van der Waals surface area contributed by atoms with Crippen molar-refractivity contribution in [2.24, 2.45) is 5.92 Å². The zero-order valence-corrected chi connectivity index (χ0v) is 16.9. The lowest BCUT2D eigenvalue weighted by Gasteiger charge is -2.20. The van der Waals surface area contributed by atoms with Gasteiger partial charge in [-0.1, -0.05) is 31.4 Å². The Bertz CT molecular complexity index is 877. The molecule has 1 fully saturated rings. The smallest absolute Gasteiger partial charge is 0.314 e. The van der Waals surface area contributed by atoms with E-state index in [9.17, 15) is 9.59 Å². The maximum Gasteiger partial charge on any atom is 0.314 e. The predicted octanol–water partition coefficient (Wildman–Crippen LogP) is 5.09. The quantitative estimate of drug-likeness (QED) is 0.283. The van der Waals surface area contributed by atoms with E-state index in [1.54, 1.807) is 55.7 Å². The summed E-state index contributed by atoms with van der Waals surface area (Å²) in [5.74, 6) is 1.24. The minimum Gasteiger partial charge on any atom is -0.497 e. The van der Waals surface area contributed by atoms with Crippen LogP contribution in [-0.2, 0) is 4.79 Å². The van der Waals surface area contributed by atoms with Crippen molar-refractivity contribution in [3.8, 4) is 17.2 Å². The van der Waals surface area contributed by atoms with Crippen LogP contribution >= 0.6 is 0 Å². The molecule has 0 aromatic heterocycles. The summed E-state index contributed by atoms with van der Waals surface area (Å²) in [5, 5.41) is 0. The van der Waals surface area contributed by atoms with Gasteiger partial charge in [0.15, 0.2) is 17.3 Å². The van der Waals surface area contributed by atoms with Gasteiger partial charge < -0.3 is 14.2 Å². The summed E-state index contributed by atoms with van der Waals surface area (Å²) in [5.41, 5.74) is 1.35. The molecule has 5 heteroatoms. The van der Waals surface area contributed by atoms with Crippen molar-refractivity contribution < 1.29 is 23.8 Å². The van der Waals surface area contributed by atoms with Gasteiger partial charge in [0.05, 0.1) is 20.1 Å². The van der Waals surface area contributed by atoms with E-state index in [1.165, 1.54) is 19.6 Å². The fourth-order valence-corrected chi connectivity index (χ4v) is 3.43. The Hall–Kier alpha value is -3.08. The van der Waals surface area contributed by atoms with Crippen LogP contribution in [-0.4, -0.2) is 26.0 Å². The highest BCUT2D eigenvalue weighted by Gasteiger charge is 2.24. The Kier molecular flexibility index (Phi) is 7.06. The summed E-state index contributed by atoms with van der Waals surface area (Å²) in [6, 6.07) is 12.2. The normalized spacial score (nSPS) is 14.6. The van der Waals surface area contributed by atoms with Crippen molar-refractivity contribution in [3.05, 3.63) is 59.7 Å². The van der Waals surface area contributed by atoms with Crippen molar-refractivity contribution in [3.63, 3.8) is 0 Å². The Morgan fingerprint density at radius 1 is 0.897 bits per heavy atom. The molecule has 0 N–H and O–H groups in total. The Labute approximate surface area is 171 Å². The number of hydrogen-bond acceptors (Lipinski definition) is 5. The minimum absolute atomic E-state index is 0.0323. The molecule has 152 valence electrons. The molecule has 0 aliphatic heterocycles. The number of allylic oxidation sites excluding steroid dienone is 1. The van der Waals surface area contributed by atoms with E-state index in [1.807, 2.05) is 0 Å². The molecule has 5 nitrogen and oxygen atoms in total. The zero-order valence-electron chi connectivity index (χ0n) is 16.9. The lowest BCUT2D eigenvalue weighted by molar-refractivity contribution is -0.140. The van der Waals surface area contributed by atoms with Crippen LogP contribution in [0.2, 0.25) is 0 Å². The molecule has 0 bridgehead atoms. The van der Waals surface area contributed by atoms with Crippen LogP contribution in [0.5, 0.6) is 17.2 Å². The van der Waals surface area contributed by atoms with Crippen LogP contribution in [0, 0.1) is 5.92 Å². The molecule has 1 aliphatic carbocycles. The SMILES string of the molecule is COc1ccc(C(=O)C=Cc2ccc(OC(=O)C3CCCCC3)c(OC)c2)cc1. The van der Waals surface area contributed by atoms with Gasteiger partial charge in [0.25, 0.3) is 0 Å². The molecule has 0 radical (unpaired) electrons. The molecule has 0 unspecified atom stereocenters. The number of benzene rings is 2. The van der Waals surface area contributed by atoms with E-state index in [2.05, 4.69) is 0 Å². The zero-order chi connectivity index (χ0) is 20.6. The van der Waals surface area contributed by atoms with Crippen LogP contribution < -0.4 is 14.2 Å². The molecular weight excluding hydrogens is 368 g/mol. The molecular formula is C24H26O5. The molecule has 0 spiro atoms. The summed E-state index contributed by atoms with van der Waals surface area (Å²) in [6.07, 6.45) is 8.31. The average Bonchev–Trinajstić information content (AvgIpc) is 2.78. The van der Waals surface area contributed by atoms with Crippen molar-refractivity contribution >= 4 is 17.8 Å². The van der Waals surface area contributed by atoms with Crippen LogP contribution in [0.25, 0.3) is 6.08 Å². The van der Waals surface area contributed by atoms with Gasteiger partial charge in [-0.3, -0.25) is 9.59 Å². The lowest BCUT2D eigenvalue weighted by Crippen LogP contribution is -2.22. The number of rotatable bonds is 7. The molecule has 2 aromatic rings. The van der Waals surface area contributed by atoms with Crippen LogP contribution in [0.15, 0.2) is 48.5 Å². The standard InChI is InChI=1S/C24H26O5/c1-27-20-12-10-18(11-13-20)21(25)14-8-17-9-15-22(23(16-17)28-2)29-24(26)19-6-4-3-5-7-19/h8-16,19H,3-7H2,1-2H3. The second kappa shape index (κ2) is 9.92. The number of carbonyl (C=O) groups excluding carboxylic acids is 2. The summed E-state index contributed by atoms with van der Waals surface area (Å²) in [7, 11) is 3.11. The van der Waals surface area contributed by atoms with Crippen molar-refractivity contribution in [1.29, 1.82) is 0 Å². The summed E-state index contributed by atoms with van der Waals surface area (Å²) in [4.78, 5) is 24.7. The number of carbonyl (C=O) groups is 2. The summed E-state index contributed by atoms with van der Waals surface area (Å²) in [6.45, 7) is 0.